The third kappa shape index (κ3) is 5.54. The maximum atomic E-state index is 5.38. The molecule has 0 aliphatic heterocycles. The van der Waals surface area contributed by atoms with E-state index in [1.165, 1.54) is 36.3 Å². The summed E-state index contributed by atoms with van der Waals surface area (Å²) in [5.41, 5.74) is 6.27. The highest BCUT2D eigenvalue weighted by molar-refractivity contribution is 7.25. The van der Waals surface area contributed by atoms with Crippen LogP contribution in [0, 0.1) is 0 Å². The molecule has 3 heterocycles. The van der Waals surface area contributed by atoms with Crippen LogP contribution in [0.5, 0.6) is 0 Å². The van der Waals surface area contributed by atoms with Crippen molar-refractivity contribution in [2.75, 3.05) is 0 Å². The molecule has 3 aromatic heterocycles. The van der Waals surface area contributed by atoms with Gasteiger partial charge in [-0.05, 0) is 80.3 Å². The molecular formula is C53H36N4S. The first-order valence-electron chi connectivity index (χ1n) is 19.8. The third-order valence-electron chi connectivity index (χ3n) is 11.2. The number of hydrogen-bond donors (Lipinski definition) is 0. The largest absolute Gasteiger partial charge is 0.277 e. The molecule has 0 radical (unpaired) electrons. The number of fused-ring (bicyclic) bond motifs is 9. The molecule has 0 aliphatic rings. The molecule has 0 saturated carbocycles. The molecule has 0 amide bonds. The second-order valence-electron chi connectivity index (χ2n) is 14.5. The average Bonchev–Trinajstić information content (AvgIpc) is 3.83. The van der Waals surface area contributed by atoms with Gasteiger partial charge in [0, 0.05) is 47.6 Å². The lowest BCUT2D eigenvalue weighted by atomic mass is 9.99. The highest BCUT2D eigenvalue weighted by Crippen LogP contribution is 2.42. The van der Waals surface area contributed by atoms with E-state index in [1.54, 1.807) is 0 Å². The van der Waals surface area contributed by atoms with Crippen molar-refractivity contribution in [3.63, 3.8) is 0 Å². The van der Waals surface area contributed by atoms with E-state index in [1.807, 2.05) is 25.2 Å². The summed E-state index contributed by atoms with van der Waals surface area (Å²) < 4.78 is 4.86. The van der Waals surface area contributed by atoms with Crippen LogP contribution in [0.15, 0.2) is 182 Å². The van der Waals surface area contributed by atoms with Gasteiger partial charge in [0.05, 0.1) is 11.0 Å². The lowest BCUT2D eigenvalue weighted by molar-refractivity contribution is 0.954. The zero-order chi connectivity index (χ0) is 38.7. The number of benzene rings is 9. The molecule has 4 nitrogen and oxygen atoms in total. The van der Waals surface area contributed by atoms with Crippen LogP contribution >= 0.6 is 11.3 Å². The van der Waals surface area contributed by atoms with Crippen molar-refractivity contribution < 1.29 is 0 Å². The molecule has 0 spiro atoms. The summed E-state index contributed by atoms with van der Waals surface area (Å²) in [4.78, 5) is 16.0. The minimum Gasteiger partial charge on any atom is -0.277 e. The minimum atomic E-state index is 0.580. The van der Waals surface area contributed by atoms with E-state index in [-0.39, 0.29) is 0 Å². The average molecular weight is 761 g/mol. The summed E-state index contributed by atoms with van der Waals surface area (Å²) in [5, 5.41) is 11.8. The van der Waals surface area contributed by atoms with Gasteiger partial charge in [-0.1, -0.05) is 153 Å². The Kier molecular flexibility index (Phi) is 8.09. The van der Waals surface area contributed by atoms with Crippen molar-refractivity contribution in [1.82, 2.24) is 19.5 Å². The van der Waals surface area contributed by atoms with Gasteiger partial charge in [0.2, 0.25) is 5.95 Å². The highest BCUT2D eigenvalue weighted by atomic mass is 32.1. The normalized spacial score (nSPS) is 11.6. The van der Waals surface area contributed by atoms with E-state index >= 15 is 0 Å². The molecule has 9 aromatic carbocycles. The smallest absolute Gasteiger partial charge is 0.238 e. The van der Waals surface area contributed by atoms with Crippen molar-refractivity contribution in [2.24, 2.45) is 0 Å². The van der Waals surface area contributed by atoms with Crippen LogP contribution in [-0.2, 0) is 0 Å². The highest BCUT2D eigenvalue weighted by Gasteiger charge is 2.22. The van der Waals surface area contributed by atoms with E-state index in [0.29, 0.717) is 17.6 Å². The number of hydrogen-bond acceptors (Lipinski definition) is 4. The Balaban J connectivity index is 0.00000190. The molecule has 0 bridgehead atoms. The molecule has 0 atom stereocenters. The van der Waals surface area contributed by atoms with Crippen LogP contribution in [0.3, 0.4) is 0 Å². The first-order valence-corrected chi connectivity index (χ1v) is 20.7. The molecule has 58 heavy (non-hydrogen) atoms. The van der Waals surface area contributed by atoms with Crippen molar-refractivity contribution in [1.29, 1.82) is 0 Å². The predicted molar refractivity (Wildman–Crippen MR) is 247 cm³/mol. The molecule has 0 aliphatic carbocycles. The van der Waals surface area contributed by atoms with Gasteiger partial charge in [-0.25, -0.2) is 4.98 Å². The molecule has 274 valence electrons. The van der Waals surface area contributed by atoms with Gasteiger partial charge in [0.15, 0.2) is 11.6 Å². The summed E-state index contributed by atoms with van der Waals surface area (Å²) in [6.45, 7) is 4.00. The molecule has 0 saturated heterocycles. The van der Waals surface area contributed by atoms with Crippen LogP contribution < -0.4 is 0 Å². The maximum absolute atomic E-state index is 5.38. The summed E-state index contributed by atoms with van der Waals surface area (Å²) in [7, 11) is 0. The second kappa shape index (κ2) is 13.8. The van der Waals surface area contributed by atoms with E-state index in [4.69, 9.17) is 15.0 Å². The van der Waals surface area contributed by atoms with E-state index in [9.17, 15) is 0 Å². The molecule has 0 fully saturated rings. The maximum Gasteiger partial charge on any atom is 0.238 e. The summed E-state index contributed by atoms with van der Waals surface area (Å²) in [6, 6.07) is 65.2. The molecule has 0 unspecified atom stereocenters. The lowest BCUT2D eigenvalue weighted by Gasteiger charge is -2.14. The molecule has 12 aromatic rings. The Morgan fingerprint density at radius 3 is 1.59 bits per heavy atom. The number of thiophene rings is 1. The van der Waals surface area contributed by atoms with Crippen molar-refractivity contribution in [2.45, 2.75) is 13.8 Å². The van der Waals surface area contributed by atoms with Gasteiger partial charge < -0.3 is 0 Å². The predicted octanol–water partition coefficient (Wildman–Crippen LogP) is 14.8. The van der Waals surface area contributed by atoms with Gasteiger partial charge in [-0.2, -0.15) is 9.97 Å². The van der Waals surface area contributed by atoms with Crippen LogP contribution in [0.4, 0.5) is 0 Å². The quantitative estimate of drug-likeness (QED) is 0.179. The van der Waals surface area contributed by atoms with Gasteiger partial charge in [0.25, 0.3) is 0 Å². The Bertz CT molecular complexity index is 3460. The topological polar surface area (TPSA) is 43.6 Å². The first-order chi connectivity index (χ1) is 28.7. The van der Waals surface area contributed by atoms with Crippen molar-refractivity contribution >= 4 is 85.6 Å². The standard InChI is InChI=1S/C51H30N4S.C2H6/c1-3-12-33-26-38(22-20-31(33)10-1)49-52-50(39-23-21-32-11-2-4-13-34(32)27-39)54-51(53-49)55-45-30-36-15-6-5-14-35(36)28-43(45)42-18-9-17-40(48(42)55)37-24-25-47-44(29-37)41-16-7-8-19-46(41)56-47;1-2/h1-30H;1-2H3. The van der Waals surface area contributed by atoms with Crippen molar-refractivity contribution in [3.8, 4) is 39.9 Å². The molecular weight excluding hydrogens is 725 g/mol. The molecule has 5 heteroatoms. The van der Waals surface area contributed by atoms with Crippen LogP contribution in [-0.4, -0.2) is 19.5 Å². The van der Waals surface area contributed by atoms with Crippen molar-refractivity contribution in [3.05, 3.63) is 182 Å². The number of nitrogens with zero attached hydrogens (tertiary/aromatic N) is 4. The Hall–Kier alpha value is -7.21. The van der Waals surface area contributed by atoms with E-state index in [0.717, 1.165) is 60.2 Å². The van der Waals surface area contributed by atoms with Gasteiger partial charge in [-0.15, -0.1) is 11.3 Å². The Morgan fingerprint density at radius 2 is 0.914 bits per heavy atom. The molecule has 0 N–H and O–H groups in total. The van der Waals surface area contributed by atoms with Crippen LogP contribution in [0.1, 0.15) is 13.8 Å². The van der Waals surface area contributed by atoms with Crippen LogP contribution in [0.2, 0.25) is 0 Å². The number of para-hydroxylation sites is 1. The fourth-order valence-corrected chi connectivity index (χ4v) is 9.55. The SMILES string of the molecule is CC.c1ccc2cc(-c3nc(-c4ccc5ccccc5c4)nc(-n4c5cc6ccccc6cc5c5cccc(-c6ccc7sc8ccccc8c7c6)c54)n3)ccc2c1. The van der Waals surface area contributed by atoms with E-state index in [2.05, 4.69) is 187 Å². The zero-order valence-electron chi connectivity index (χ0n) is 32.0. The van der Waals surface area contributed by atoms with Gasteiger partial charge in [-0.3, -0.25) is 4.57 Å². The fourth-order valence-electron chi connectivity index (χ4n) is 8.47. The summed E-state index contributed by atoms with van der Waals surface area (Å²) in [6.07, 6.45) is 0. The van der Waals surface area contributed by atoms with Crippen LogP contribution in [0.25, 0.3) is 114 Å². The Morgan fingerprint density at radius 1 is 0.379 bits per heavy atom. The van der Waals surface area contributed by atoms with E-state index < -0.39 is 0 Å². The minimum absolute atomic E-state index is 0.580. The monoisotopic (exact) mass is 760 g/mol. The molecule has 12 rings (SSSR count). The fraction of sp³-hybridized carbons (Fsp3) is 0.0377. The summed E-state index contributed by atoms with van der Waals surface area (Å²) >= 11 is 1.84. The number of aromatic nitrogens is 4. The third-order valence-corrected chi connectivity index (χ3v) is 12.3. The Labute approximate surface area is 339 Å². The zero-order valence-corrected chi connectivity index (χ0v) is 32.8. The van der Waals surface area contributed by atoms with Gasteiger partial charge >= 0.3 is 0 Å². The second-order valence-corrected chi connectivity index (χ2v) is 15.6. The lowest BCUT2D eigenvalue weighted by Crippen LogP contribution is -2.07. The summed E-state index contributed by atoms with van der Waals surface area (Å²) in [5.74, 6) is 1.84. The first kappa shape index (κ1) is 34.1. The van der Waals surface area contributed by atoms with Gasteiger partial charge in [0.1, 0.15) is 0 Å². The number of rotatable bonds is 4.